The van der Waals surface area contributed by atoms with Gasteiger partial charge in [0.1, 0.15) is 76.6 Å². The molecule has 6 unspecified atom stereocenters. The van der Waals surface area contributed by atoms with Gasteiger partial charge in [0.05, 0.1) is 23.1 Å². The number of pyridine rings is 2. The number of quaternary nitrogens is 1. The van der Waals surface area contributed by atoms with Crippen molar-refractivity contribution < 1.29 is 33.4 Å². The number of allylic oxidation sites excluding steroid dienone is 1. The van der Waals surface area contributed by atoms with Crippen molar-refractivity contribution in [3.05, 3.63) is 92.7 Å². The Bertz CT molecular complexity index is 2540. The summed E-state index contributed by atoms with van der Waals surface area (Å²) >= 11 is 0. The van der Waals surface area contributed by atoms with Gasteiger partial charge in [0, 0.05) is 58.9 Å². The molecule has 6 aliphatic rings. The third kappa shape index (κ3) is 6.30. The lowest BCUT2D eigenvalue weighted by Crippen LogP contribution is -3.05. The smallest absolute Gasteiger partial charge is 0.341 e. The third-order valence-electron chi connectivity index (χ3n) is 12.3. The van der Waals surface area contributed by atoms with Gasteiger partial charge in [-0.3, -0.25) is 14.7 Å². The van der Waals surface area contributed by atoms with Crippen molar-refractivity contribution in [3.63, 3.8) is 0 Å². The Morgan fingerprint density at radius 1 is 1.07 bits per heavy atom. The topological polar surface area (TPSA) is 193 Å². The first-order valence-corrected chi connectivity index (χ1v) is 21.9. The number of carbonyl (C=O) groups is 1. The summed E-state index contributed by atoms with van der Waals surface area (Å²) in [6.07, 6.45) is 8.40. The van der Waals surface area contributed by atoms with E-state index in [0.717, 1.165) is 45.9 Å². The van der Waals surface area contributed by atoms with Crippen LogP contribution in [0.1, 0.15) is 73.1 Å². The Hall–Kier alpha value is -4.83. The summed E-state index contributed by atoms with van der Waals surface area (Å²) in [6, 6.07) is 9.10. The summed E-state index contributed by atoms with van der Waals surface area (Å²) in [7, 11) is 3.32. The van der Waals surface area contributed by atoms with Gasteiger partial charge < -0.3 is 35.2 Å². The minimum atomic E-state index is -1.07. The fourth-order valence-electron chi connectivity index (χ4n) is 9.45. The number of epoxide rings is 1. The molecule has 1 aromatic carbocycles. The van der Waals surface area contributed by atoms with Crippen LogP contribution in [-0.2, 0) is 33.0 Å². The van der Waals surface area contributed by atoms with Crippen molar-refractivity contribution in [2.75, 3.05) is 23.8 Å². The Kier molecular flexibility index (Phi) is 8.74. The maximum absolute atomic E-state index is 14.3. The van der Waals surface area contributed by atoms with Crippen LogP contribution in [0.5, 0.6) is 11.5 Å². The van der Waals surface area contributed by atoms with Gasteiger partial charge in [0.2, 0.25) is 0 Å². The summed E-state index contributed by atoms with van der Waals surface area (Å²) in [5.41, 5.74) is 18.2. The van der Waals surface area contributed by atoms with E-state index >= 15 is 0 Å². The molecule has 0 radical (unpaired) electrons. The lowest BCUT2D eigenvalue weighted by Gasteiger charge is -2.47. The summed E-state index contributed by atoms with van der Waals surface area (Å²) < 4.78 is 25.5. The number of carbonyl (C=O) groups excluding carboxylic acids is 1. The average molecular weight is 808 g/mol. The third-order valence-corrected chi connectivity index (χ3v) is 14.6. The first kappa shape index (κ1) is 36.5. The Morgan fingerprint density at radius 2 is 1.95 bits per heavy atom. The number of hydrogen-bond donors (Lipinski definition) is 4. The predicted molar refractivity (Wildman–Crippen MR) is 219 cm³/mol. The maximum Gasteiger partial charge on any atom is 0.341 e. The van der Waals surface area contributed by atoms with Crippen LogP contribution in [0.25, 0.3) is 22.2 Å². The normalized spacial score (nSPS) is 29.0. The number of aromatic hydroxyl groups is 1. The molecule has 3 aromatic heterocycles. The van der Waals surface area contributed by atoms with E-state index in [2.05, 4.69) is 23.3 Å². The number of nitrogens with zero attached hydrogens (tertiary/aromatic N) is 3. The zero-order valence-corrected chi connectivity index (χ0v) is 33.3. The number of aryl methyl sites for hydroxylation is 2. The molecular weight excluding hydrogens is 765 g/mol. The molecule has 6 atom stereocenters. The van der Waals surface area contributed by atoms with Crippen LogP contribution >= 0.6 is 21.6 Å². The van der Waals surface area contributed by atoms with E-state index < -0.39 is 29.2 Å². The molecule has 6 N–H and O–H groups in total. The standard InChI is InChI=1S/C42H42N6O7S2/c1-21-12-30(49)36-31(52-21)16-32-35(37(36)50)25-4-3-8-42-33(55-42)6-5-22-13-28(47-34(43)14-22)26-15-24(18-48-17-23-7-10-45-29(23)19-48)46-39(44)27(26)20-57-56-11-9-41(2,54-32)38(25)53-40(42)51/h7,10,12-17,25,33,38,50H,3-6,8-9,11,18-20H2,1-2H3,(H2,43,47)(H2,44,46)/p+1. The fraction of sp³-hybridized carbons (Fsp3) is 0.405. The quantitative estimate of drug-likeness (QED) is 0.119. The van der Waals surface area contributed by atoms with Gasteiger partial charge in [-0.25, -0.2) is 14.8 Å². The molecule has 0 amide bonds. The van der Waals surface area contributed by atoms with Crippen molar-refractivity contribution in [1.82, 2.24) is 9.97 Å². The number of fused-ring (bicyclic) bond motifs is 9. The van der Waals surface area contributed by atoms with Crippen LogP contribution in [0.3, 0.4) is 0 Å². The van der Waals surface area contributed by atoms with E-state index in [1.165, 1.54) is 11.0 Å². The van der Waals surface area contributed by atoms with Gasteiger partial charge in [-0.2, -0.15) is 0 Å². The molecule has 10 rings (SSSR count). The fourth-order valence-corrected chi connectivity index (χ4v) is 11.8. The number of nitrogens with two attached hydrogens (primary N) is 2. The van der Waals surface area contributed by atoms with Crippen LogP contribution in [-0.4, -0.2) is 62.5 Å². The van der Waals surface area contributed by atoms with Gasteiger partial charge in [0.25, 0.3) is 0 Å². The van der Waals surface area contributed by atoms with Crippen molar-refractivity contribution in [2.24, 2.45) is 4.99 Å². The number of nitrogen functional groups attached to an aromatic ring is 2. The number of hydrogen-bond acceptors (Lipinski definition) is 14. The van der Waals surface area contributed by atoms with E-state index in [0.29, 0.717) is 85.3 Å². The number of esters is 1. The molecule has 294 valence electrons. The second-order valence-electron chi connectivity index (χ2n) is 16.2. The molecule has 4 bridgehead atoms. The SMILES string of the molecule is Cc1cc(=O)c2c(O)c3c(cc2o1)OC1(C)CCSSCc2c(cc(C[NH+]4C=C5C=CN=C5C4)nc2N)-c2cc(cc(N)n2)CCC2OC24CCCC3C1OC4=O. The number of nitrogens with one attached hydrogen (secondary N) is 1. The molecule has 0 saturated carbocycles. The van der Waals surface area contributed by atoms with Crippen LogP contribution in [0, 0.1) is 6.92 Å². The van der Waals surface area contributed by atoms with Crippen molar-refractivity contribution in [3.8, 4) is 22.8 Å². The number of benzene rings is 1. The molecular formula is C42H43N6O7S2+. The molecule has 4 aromatic rings. The lowest BCUT2D eigenvalue weighted by molar-refractivity contribution is -0.848. The van der Waals surface area contributed by atoms with E-state index in [9.17, 15) is 14.7 Å². The molecule has 1 spiro atoms. The predicted octanol–water partition coefficient (Wildman–Crippen LogP) is 5.07. The highest BCUT2D eigenvalue weighted by atomic mass is 33.1. The van der Waals surface area contributed by atoms with Crippen LogP contribution in [0.4, 0.5) is 11.6 Å². The zero-order valence-electron chi connectivity index (χ0n) is 31.6. The van der Waals surface area contributed by atoms with E-state index in [1.807, 2.05) is 25.3 Å². The molecule has 15 heteroatoms. The van der Waals surface area contributed by atoms with Gasteiger partial charge in [-0.15, -0.1) is 0 Å². The highest BCUT2D eigenvalue weighted by Crippen LogP contribution is 2.55. The van der Waals surface area contributed by atoms with Gasteiger partial charge in [-0.05, 0) is 75.8 Å². The number of phenolic OH excluding ortho intramolecular Hbond substituents is 1. The number of rotatable bonds is 2. The number of phenols is 1. The van der Waals surface area contributed by atoms with Gasteiger partial charge in [0.15, 0.2) is 11.0 Å². The highest BCUT2D eigenvalue weighted by Gasteiger charge is 2.65. The molecule has 9 heterocycles. The first-order valence-electron chi connectivity index (χ1n) is 19.5. The molecule has 6 aliphatic heterocycles. The van der Waals surface area contributed by atoms with Crippen molar-refractivity contribution >= 4 is 55.9 Å². The number of aromatic nitrogens is 2. The Morgan fingerprint density at radius 3 is 2.81 bits per heavy atom. The second-order valence-corrected chi connectivity index (χ2v) is 18.7. The summed E-state index contributed by atoms with van der Waals surface area (Å²) in [5.74, 6) is 1.91. The van der Waals surface area contributed by atoms with Crippen LogP contribution in [0.2, 0.25) is 0 Å². The van der Waals surface area contributed by atoms with E-state index in [-0.39, 0.29) is 28.3 Å². The van der Waals surface area contributed by atoms with Crippen molar-refractivity contribution in [2.45, 2.75) is 94.0 Å². The summed E-state index contributed by atoms with van der Waals surface area (Å²) in [6.45, 7) is 5.09. The molecule has 0 aliphatic carbocycles. The Balaban J connectivity index is 1.01. The summed E-state index contributed by atoms with van der Waals surface area (Å²) in [4.78, 5) is 42.8. The molecule has 2 fully saturated rings. The Labute approximate surface area is 336 Å². The van der Waals surface area contributed by atoms with Crippen LogP contribution in [0.15, 0.2) is 68.6 Å². The zero-order chi connectivity index (χ0) is 39.2. The van der Waals surface area contributed by atoms with Crippen LogP contribution < -0.4 is 26.5 Å². The largest absolute Gasteiger partial charge is 0.507 e. The molecule has 2 saturated heterocycles. The second kappa shape index (κ2) is 13.6. The monoisotopic (exact) mass is 807 g/mol. The lowest BCUT2D eigenvalue weighted by atomic mass is 9.74. The van der Waals surface area contributed by atoms with Crippen molar-refractivity contribution in [1.29, 1.82) is 0 Å². The number of ether oxygens (including phenoxy) is 3. The minimum Gasteiger partial charge on any atom is -0.507 e. The average Bonchev–Trinajstić information content (AvgIpc) is 3.47. The first-order chi connectivity index (χ1) is 27.5. The number of anilines is 2. The summed E-state index contributed by atoms with van der Waals surface area (Å²) in [5, 5.41) is 11.8. The highest BCUT2D eigenvalue weighted by molar-refractivity contribution is 8.76. The number of aliphatic imine (C=N–C) groups is 1. The van der Waals surface area contributed by atoms with E-state index in [1.54, 1.807) is 34.6 Å². The molecule has 57 heavy (non-hydrogen) atoms. The minimum absolute atomic E-state index is 0.0968. The molecule has 13 nitrogen and oxygen atoms in total. The van der Waals surface area contributed by atoms with E-state index in [4.69, 9.17) is 40.1 Å². The maximum atomic E-state index is 14.3. The van der Waals surface area contributed by atoms with Gasteiger partial charge >= 0.3 is 5.97 Å². The van der Waals surface area contributed by atoms with Gasteiger partial charge in [-0.1, -0.05) is 21.6 Å².